The fraction of sp³-hybridized carbons (Fsp3) is 0.393. The molecule has 168 valence electrons. The highest BCUT2D eigenvalue weighted by Gasteiger charge is 2.22. The number of ether oxygens (including phenoxy) is 1. The summed E-state index contributed by atoms with van der Waals surface area (Å²) in [7, 11) is 0. The fourth-order valence-electron chi connectivity index (χ4n) is 4.40. The van der Waals surface area contributed by atoms with Crippen LogP contribution in [0.2, 0.25) is 0 Å². The SMILES string of the molecule is CCC(Oc1cccc2ccccc12)C(=O)NC(C)c1ccc(N2CCC(C)CC2)cc1. The highest BCUT2D eigenvalue weighted by Crippen LogP contribution is 2.27. The third kappa shape index (κ3) is 5.07. The van der Waals surface area contributed by atoms with Gasteiger partial charge in [-0.1, -0.05) is 62.4 Å². The third-order valence-corrected chi connectivity index (χ3v) is 6.58. The van der Waals surface area contributed by atoms with Gasteiger partial charge in [0.1, 0.15) is 5.75 Å². The molecule has 4 heteroatoms. The minimum absolute atomic E-state index is 0.0805. The fourth-order valence-corrected chi connectivity index (χ4v) is 4.40. The number of carbonyl (C=O) groups excluding carboxylic acids is 1. The van der Waals surface area contributed by atoms with Crippen LogP contribution in [0.15, 0.2) is 66.7 Å². The molecule has 0 aliphatic carbocycles. The van der Waals surface area contributed by atoms with Gasteiger partial charge >= 0.3 is 0 Å². The summed E-state index contributed by atoms with van der Waals surface area (Å²) >= 11 is 0. The predicted octanol–water partition coefficient (Wildman–Crippen LogP) is 6.11. The van der Waals surface area contributed by atoms with E-state index in [9.17, 15) is 4.79 Å². The average molecular weight is 431 g/mol. The molecule has 2 unspecified atom stereocenters. The van der Waals surface area contributed by atoms with E-state index in [0.717, 1.165) is 41.1 Å². The number of rotatable bonds is 7. The Morgan fingerprint density at radius 3 is 2.44 bits per heavy atom. The van der Waals surface area contributed by atoms with E-state index in [0.29, 0.717) is 6.42 Å². The Bertz CT molecular complexity index is 1030. The lowest BCUT2D eigenvalue weighted by Gasteiger charge is -2.32. The number of carbonyl (C=O) groups is 1. The lowest BCUT2D eigenvalue weighted by molar-refractivity contribution is -0.128. The summed E-state index contributed by atoms with van der Waals surface area (Å²) in [5.41, 5.74) is 2.37. The maximum absolute atomic E-state index is 13.0. The summed E-state index contributed by atoms with van der Waals surface area (Å²) < 4.78 is 6.16. The summed E-state index contributed by atoms with van der Waals surface area (Å²) in [4.78, 5) is 15.5. The quantitative estimate of drug-likeness (QED) is 0.492. The van der Waals surface area contributed by atoms with Gasteiger partial charge in [-0.2, -0.15) is 0 Å². The van der Waals surface area contributed by atoms with Crippen molar-refractivity contribution in [1.82, 2.24) is 5.32 Å². The zero-order valence-corrected chi connectivity index (χ0v) is 19.4. The van der Waals surface area contributed by atoms with Crippen molar-refractivity contribution in [2.75, 3.05) is 18.0 Å². The first-order valence-electron chi connectivity index (χ1n) is 11.8. The Labute approximate surface area is 191 Å². The second-order valence-electron chi connectivity index (χ2n) is 8.98. The Morgan fingerprint density at radius 1 is 1.03 bits per heavy atom. The van der Waals surface area contributed by atoms with Crippen LogP contribution in [0.5, 0.6) is 5.75 Å². The number of amides is 1. The van der Waals surface area contributed by atoms with Crippen LogP contribution in [-0.2, 0) is 4.79 Å². The van der Waals surface area contributed by atoms with Crippen LogP contribution >= 0.6 is 0 Å². The Hall–Kier alpha value is -3.01. The highest BCUT2D eigenvalue weighted by molar-refractivity contribution is 5.89. The molecule has 0 radical (unpaired) electrons. The third-order valence-electron chi connectivity index (χ3n) is 6.58. The topological polar surface area (TPSA) is 41.6 Å². The van der Waals surface area contributed by atoms with Gasteiger partial charge in [0.25, 0.3) is 5.91 Å². The van der Waals surface area contributed by atoms with Crippen LogP contribution in [0.25, 0.3) is 10.8 Å². The molecule has 1 N–H and O–H groups in total. The number of nitrogens with one attached hydrogen (secondary N) is 1. The Morgan fingerprint density at radius 2 is 1.72 bits per heavy atom. The van der Waals surface area contributed by atoms with Crippen LogP contribution in [-0.4, -0.2) is 25.1 Å². The maximum atomic E-state index is 13.0. The molecule has 1 aliphatic rings. The molecular weight excluding hydrogens is 396 g/mol. The lowest BCUT2D eigenvalue weighted by atomic mass is 9.98. The molecule has 0 saturated carbocycles. The van der Waals surface area contributed by atoms with Crippen molar-refractivity contribution in [1.29, 1.82) is 0 Å². The molecule has 3 aromatic rings. The van der Waals surface area contributed by atoms with Gasteiger partial charge in [0.05, 0.1) is 6.04 Å². The zero-order chi connectivity index (χ0) is 22.5. The van der Waals surface area contributed by atoms with Gasteiger partial charge in [-0.15, -0.1) is 0 Å². The molecule has 0 bridgehead atoms. The van der Waals surface area contributed by atoms with Gasteiger partial charge in [-0.25, -0.2) is 0 Å². The number of nitrogens with zero attached hydrogens (tertiary/aromatic N) is 1. The molecule has 4 nitrogen and oxygen atoms in total. The van der Waals surface area contributed by atoms with Crippen LogP contribution in [0.3, 0.4) is 0 Å². The molecule has 1 saturated heterocycles. The van der Waals surface area contributed by atoms with Gasteiger partial charge in [0, 0.05) is 24.2 Å². The smallest absolute Gasteiger partial charge is 0.261 e. The van der Waals surface area contributed by atoms with Crippen LogP contribution in [0.4, 0.5) is 5.69 Å². The first kappa shape index (κ1) is 22.2. The maximum Gasteiger partial charge on any atom is 0.261 e. The molecular formula is C28H34N2O2. The van der Waals surface area contributed by atoms with Gasteiger partial charge in [0.2, 0.25) is 0 Å². The van der Waals surface area contributed by atoms with Gasteiger partial charge < -0.3 is 15.0 Å². The molecule has 1 heterocycles. The average Bonchev–Trinajstić information content (AvgIpc) is 2.83. The van der Waals surface area contributed by atoms with Crippen LogP contribution < -0.4 is 15.0 Å². The Kier molecular flexibility index (Phi) is 6.99. The van der Waals surface area contributed by atoms with E-state index >= 15 is 0 Å². The number of hydrogen-bond acceptors (Lipinski definition) is 3. The summed E-state index contributed by atoms with van der Waals surface area (Å²) in [6.07, 6.45) is 2.58. The van der Waals surface area contributed by atoms with Crippen molar-refractivity contribution in [3.8, 4) is 5.75 Å². The monoisotopic (exact) mass is 430 g/mol. The van der Waals surface area contributed by atoms with E-state index in [2.05, 4.69) is 53.5 Å². The summed E-state index contributed by atoms with van der Waals surface area (Å²) in [5, 5.41) is 5.28. The van der Waals surface area contributed by atoms with E-state index < -0.39 is 6.10 Å². The molecule has 3 aromatic carbocycles. The zero-order valence-electron chi connectivity index (χ0n) is 19.4. The first-order valence-corrected chi connectivity index (χ1v) is 11.8. The molecule has 4 rings (SSSR count). The normalized spacial score (nSPS) is 16.5. The van der Waals surface area contributed by atoms with Crippen molar-refractivity contribution in [3.05, 3.63) is 72.3 Å². The van der Waals surface area contributed by atoms with Crippen molar-refractivity contribution in [3.63, 3.8) is 0 Å². The van der Waals surface area contributed by atoms with E-state index in [-0.39, 0.29) is 11.9 Å². The van der Waals surface area contributed by atoms with E-state index in [1.165, 1.54) is 18.5 Å². The number of anilines is 1. The molecule has 1 amide bonds. The number of hydrogen-bond donors (Lipinski definition) is 1. The van der Waals surface area contributed by atoms with Crippen molar-refractivity contribution >= 4 is 22.4 Å². The molecule has 0 aromatic heterocycles. The lowest BCUT2D eigenvalue weighted by Crippen LogP contribution is -2.39. The minimum atomic E-state index is -0.530. The molecule has 32 heavy (non-hydrogen) atoms. The largest absolute Gasteiger partial charge is 0.480 e. The van der Waals surface area contributed by atoms with Crippen LogP contribution in [0, 0.1) is 5.92 Å². The molecule has 1 fully saturated rings. The number of piperidine rings is 1. The second-order valence-corrected chi connectivity index (χ2v) is 8.98. The number of benzene rings is 3. The summed E-state index contributed by atoms with van der Waals surface area (Å²) in [6, 6.07) is 22.6. The van der Waals surface area contributed by atoms with Gasteiger partial charge in [-0.05, 0) is 61.3 Å². The summed E-state index contributed by atoms with van der Waals surface area (Å²) in [6.45, 7) is 8.58. The molecule has 1 aliphatic heterocycles. The predicted molar refractivity (Wildman–Crippen MR) is 132 cm³/mol. The Balaban J connectivity index is 1.39. The van der Waals surface area contributed by atoms with E-state index in [4.69, 9.17) is 4.74 Å². The first-order chi connectivity index (χ1) is 15.5. The minimum Gasteiger partial charge on any atom is -0.480 e. The van der Waals surface area contributed by atoms with Gasteiger partial charge in [-0.3, -0.25) is 4.79 Å². The highest BCUT2D eigenvalue weighted by atomic mass is 16.5. The van der Waals surface area contributed by atoms with Gasteiger partial charge in [0.15, 0.2) is 6.10 Å². The van der Waals surface area contributed by atoms with Crippen molar-refractivity contribution in [2.45, 2.75) is 52.2 Å². The standard InChI is InChI=1S/C28H34N2O2/c1-4-26(32-27-11-7-9-23-8-5-6-10-25(23)27)28(31)29-21(3)22-12-14-24(15-13-22)30-18-16-20(2)17-19-30/h5-15,20-21,26H,4,16-19H2,1-3H3,(H,29,31). The number of fused-ring (bicyclic) bond motifs is 1. The van der Waals surface area contributed by atoms with Crippen LogP contribution in [0.1, 0.15) is 51.6 Å². The van der Waals surface area contributed by atoms with Crippen molar-refractivity contribution < 1.29 is 9.53 Å². The molecule has 0 spiro atoms. The summed E-state index contributed by atoms with van der Waals surface area (Å²) in [5.74, 6) is 1.49. The second kappa shape index (κ2) is 10.1. The van der Waals surface area contributed by atoms with E-state index in [1.54, 1.807) is 0 Å². The molecule has 2 atom stereocenters. The van der Waals surface area contributed by atoms with Crippen molar-refractivity contribution in [2.24, 2.45) is 5.92 Å². The van der Waals surface area contributed by atoms with E-state index in [1.807, 2.05) is 44.2 Å².